The molecule has 27 heavy (non-hydrogen) atoms. The third-order valence-corrected chi connectivity index (χ3v) is 3.79. The fraction of sp³-hybridized carbons (Fsp3) is 0.136. The topological polar surface area (TPSA) is 56.8 Å². The van der Waals surface area contributed by atoms with Crippen molar-refractivity contribution in [3.8, 4) is 17.2 Å². The normalized spacial score (nSPS) is 10.1. The van der Waals surface area contributed by atoms with Gasteiger partial charge in [-0.15, -0.1) is 0 Å². The van der Waals surface area contributed by atoms with Gasteiger partial charge in [0.05, 0.1) is 7.11 Å². The van der Waals surface area contributed by atoms with Gasteiger partial charge in [0, 0.05) is 11.8 Å². The maximum atomic E-state index is 12.2. The zero-order chi connectivity index (χ0) is 18.9. The van der Waals surface area contributed by atoms with Gasteiger partial charge in [-0.2, -0.15) is 0 Å². The van der Waals surface area contributed by atoms with E-state index in [9.17, 15) is 4.79 Å². The first-order valence-electron chi connectivity index (χ1n) is 8.57. The number of hydrogen-bond donors (Lipinski definition) is 1. The standard InChI is InChI=1S/C22H21NO4/c1-25-20-12-5-6-13-21(20)27-16-22(24)23-18-10-7-11-19(14-18)26-15-17-8-3-2-4-9-17/h2-14H,15-16H2,1H3,(H,23,24). The van der Waals surface area contributed by atoms with Gasteiger partial charge in [0.1, 0.15) is 12.4 Å². The van der Waals surface area contributed by atoms with Gasteiger partial charge >= 0.3 is 0 Å². The molecule has 3 aromatic rings. The van der Waals surface area contributed by atoms with Crippen molar-refractivity contribution in [2.24, 2.45) is 0 Å². The van der Waals surface area contributed by atoms with Crippen LogP contribution in [0.4, 0.5) is 5.69 Å². The Morgan fingerprint density at radius 1 is 0.852 bits per heavy atom. The third kappa shape index (κ3) is 5.51. The minimum atomic E-state index is -0.263. The summed E-state index contributed by atoms with van der Waals surface area (Å²) in [4.78, 5) is 12.2. The summed E-state index contributed by atoms with van der Waals surface area (Å²) in [6, 6.07) is 24.4. The van der Waals surface area contributed by atoms with Crippen molar-refractivity contribution in [1.82, 2.24) is 0 Å². The molecule has 0 aliphatic carbocycles. The average Bonchev–Trinajstić information content (AvgIpc) is 2.72. The van der Waals surface area contributed by atoms with Crippen LogP contribution in [0.1, 0.15) is 5.56 Å². The number of ether oxygens (including phenoxy) is 3. The Kier molecular flexibility index (Phi) is 6.30. The maximum Gasteiger partial charge on any atom is 0.262 e. The molecule has 0 radical (unpaired) electrons. The summed E-state index contributed by atoms with van der Waals surface area (Å²) >= 11 is 0. The molecule has 138 valence electrons. The van der Waals surface area contributed by atoms with Crippen LogP contribution in [0.15, 0.2) is 78.9 Å². The molecule has 0 spiro atoms. The van der Waals surface area contributed by atoms with Crippen molar-refractivity contribution in [3.63, 3.8) is 0 Å². The number of amides is 1. The minimum absolute atomic E-state index is 0.116. The second kappa shape index (κ2) is 9.29. The average molecular weight is 363 g/mol. The summed E-state index contributed by atoms with van der Waals surface area (Å²) in [5.41, 5.74) is 1.73. The van der Waals surface area contributed by atoms with E-state index in [2.05, 4.69) is 5.32 Å². The zero-order valence-corrected chi connectivity index (χ0v) is 15.1. The van der Waals surface area contributed by atoms with Crippen LogP contribution in [0.25, 0.3) is 0 Å². The smallest absolute Gasteiger partial charge is 0.262 e. The molecule has 0 aromatic heterocycles. The van der Waals surface area contributed by atoms with Crippen molar-refractivity contribution in [1.29, 1.82) is 0 Å². The van der Waals surface area contributed by atoms with Crippen molar-refractivity contribution in [2.75, 3.05) is 19.0 Å². The Labute approximate surface area is 158 Å². The van der Waals surface area contributed by atoms with Crippen LogP contribution in [0.3, 0.4) is 0 Å². The molecule has 0 aliphatic rings. The number of benzene rings is 3. The lowest BCUT2D eigenvalue weighted by Crippen LogP contribution is -2.20. The molecule has 3 aromatic carbocycles. The lowest BCUT2D eigenvalue weighted by Gasteiger charge is -2.11. The molecule has 0 saturated heterocycles. The number of anilines is 1. The summed E-state index contributed by atoms with van der Waals surface area (Å²) in [6.45, 7) is 0.352. The molecule has 0 heterocycles. The fourth-order valence-corrected chi connectivity index (χ4v) is 2.48. The first-order valence-corrected chi connectivity index (χ1v) is 8.57. The number of nitrogens with one attached hydrogen (secondary N) is 1. The second-order valence-electron chi connectivity index (χ2n) is 5.79. The van der Waals surface area contributed by atoms with E-state index in [1.165, 1.54) is 0 Å². The highest BCUT2D eigenvalue weighted by Gasteiger charge is 2.08. The van der Waals surface area contributed by atoms with E-state index < -0.39 is 0 Å². The number of rotatable bonds is 8. The van der Waals surface area contributed by atoms with Gasteiger partial charge in [0.25, 0.3) is 5.91 Å². The van der Waals surface area contributed by atoms with E-state index in [0.29, 0.717) is 29.5 Å². The lowest BCUT2D eigenvalue weighted by atomic mass is 10.2. The van der Waals surface area contributed by atoms with E-state index >= 15 is 0 Å². The van der Waals surface area contributed by atoms with Crippen LogP contribution in [-0.2, 0) is 11.4 Å². The van der Waals surface area contributed by atoms with Crippen molar-refractivity contribution in [3.05, 3.63) is 84.4 Å². The molecule has 5 nitrogen and oxygen atoms in total. The van der Waals surface area contributed by atoms with E-state index in [-0.39, 0.29) is 12.5 Å². The van der Waals surface area contributed by atoms with Crippen molar-refractivity contribution >= 4 is 11.6 Å². The quantitative estimate of drug-likeness (QED) is 0.649. The number of carbonyl (C=O) groups is 1. The molecule has 0 aliphatic heterocycles. The largest absolute Gasteiger partial charge is 0.493 e. The maximum absolute atomic E-state index is 12.2. The van der Waals surface area contributed by atoms with E-state index in [1.807, 2.05) is 54.6 Å². The van der Waals surface area contributed by atoms with Gasteiger partial charge in [0.15, 0.2) is 18.1 Å². The van der Waals surface area contributed by atoms with E-state index in [0.717, 1.165) is 5.56 Å². The second-order valence-corrected chi connectivity index (χ2v) is 5.79. The first-order chi connectivity index (χ1) is 13.2. The van der Waals surface area contributed by atoms with Crippen LogP contribution >= 0.6 is 0 Å². The van der Waals surface area contributed by atoms with E-state index in [4.69, 9.17) is 14.2 Å². The molecule has 1 N–H and O–H groups in total. The highest BCUT2D eigenvalue weighted by atomic mass is 16.5. The predicted molar refractivity (Wildman–Crippen MR) is 104 cm³/mol. The predicted octanol–water partition coefficient (Wildman–Crippen LogP) is 4.29. The lowest BCUT2D eigenvalue weighted by molar-refractivity contribution is -0.118. The number of para-hydroxylation sites is 2. The van der Waals surface area contributed by atoms with Crippen LogP contribution < -0.4 is 19.5 Å². The number of methoxy groups -OCH3 is 1. The Morgan fingerprint density at radius 2 is 1.59 bits per heavy atom. The van der Waals surface area contributed by atoms with Crippen LogP contribution in [0.5, 0.6) is 17.2 Å². The van der Waals surface area contributed by atoms with Gasteiger partial charge in [0.2, 0.25) is 0 Å². The monoisotopic (exact) mass is 363 g/mol. The zero-order valence-electron chi connectivity index (χ0n) is 15.1. The van der Waals surface area contributed by atoms with Crippen molar-refractivity contribution in [2.45, 2.75) is 6.61 Å². The summed E-state index contributed by atoms with van der Waals surface area (Å²) in [5.74, 6) is 1.53. The van der Waals surface area contributed by atoms with Crippen LogP contribution in [0.2, 0.25) is 0 Å². The minimum Gasteiger partial charge on any atom is -0.493 e. The Morgan fingerprint density at radius 3 is 2.37 bits per heavy atom. The van der Waals surface area contributed by atoms with Gasteiger partial charge in [-0.05, 0) is 29.8 Å². The summed E-state index contributed by atoms with van der Waals surface area (Å²) < 4.78 is 16.5. The van der Waals surface area contributed by atoms with Crippen LogP contribution in [0, 0.1) is 0 Å². The first kappa shape index (κ1) is 18.3. The Balaban J connectivity index is 1.53. The third-order valence-electron chi connectivity index (χ3n) is 3.79. The van der Waals surface area contributed by atoms with Crippen molar-refractivity contribution < 1.29 is 19.0 Å². The molecule has 0 unspecified atom stereocenters. The van der Waals surface area contributed by atoms with Crippen LogP contribution in [-0.4, -0.2) is 19.6 Å². The molecule has 0 saturated carbocycles. The SMILES string of the molecule is COc1ccccc1OCC(=O)Nc1cccc(OCc2ccccc2)c1. The molecule has 0 fully saturated rings. The molecule has 3 rings (SSSR count). The molecule has 1 amide bonds. The Hall–Kier alpha value is -3.47. The van der Waals surface area contributed by atoms with E-state index in [1.54, 1.807) is 31.4 Å². The van der Waals surface area contributed by atoms with Gasteiger partial charge in [-0.3, -0.25) is 4.79 Å². The number of hydrogen-bond acceptors (Lipinski definition) is 4. The Bertz CT molecular complexity index is 880. The molecule has 0 bridgehead atoms. The molecule has 5 heteroatoms. The molecule has 0 atom stereocenters. The number of carbonyl (C=O) groups excluding carboxylic acids is 1. The highest BCUT2D eigenvalue weighted by molar-refractivity contribution is 5.92. The van der Waals surface area contributed by atoms with Gasteiger partial charge < -0.3 is 19.5 Å². The summed E-state index contributed by atoms with van der Waals surface area (Å²) in [6.07, 6.45) is 0. The molecular weight excluding hydrogens is 342 g/mol. The highest BCUT2D eigenvalue weighted by Crippen LogP contribution is 2.25. The summed E-state index contributed by atoms with van der Waals surface area (Å²) in [5, 5.41) is 2.80. The van der Waals surface area contributed by atoms with Gasteiger partial charge in [-0.1, -0.05) is 48.5 Å². The van der Waals surface area contributed by atoms with Gasteiger partial charge in [-0.25, -0.2) is 0 Å². The molecular formula is C22H21NO4. The summed E-state index contributed by atoms with van der Waals surface area (Å²) in [7, 11) is 1.56. The fourth-order valence-electron chi connectivity index (χ4n) is 2.48.